The number of thiazole rings is 1. The van der Waals surface area contributed by atoms with Crippen LogP contribution in [0.4, 0.5) is 10.8 Å². The average Bonchev–Trinajstić information content (AvgIpc) is 2.90. The van der Waals surface area contributed by atoms with Crippen LogP contribution in [-0.2, 0) is 6.42 Å². The number of hydrogen-bond acceptors (Lipinski definition) is 6. The maximum atomic E-state index is 12.4. The van der Waals surface area contributed by atoms with Gasteiger partial charge in [0.15, 0.2) is 10.9 Å². The molecule has 1 amide bonds. The van der Waals surface area contributed by atoms with E-state index in [1.165, 1.54) is 36.6 Å². The number of para-hydroxylation sites is 1. The zero-order valence-corrected chi connectivity index (χ0v) is 14.8. The van der Waals surface area contributed by atoms with E-state index in [9.17, 15) is 14.9 Å². The van der Waals surface area contributed by atoms with Gasteiger partial charge in [-0.3, -0.25) is 20.2 Å². The largest absolute Gasteiger partial charge is 0.490 e. The van der Waals surface area contributed by atoms with Crippen LogP contribution in [0.5, 0.6) is 5.75 Å². The smallest absolute Gasteiger partial charge is 0.323 e. The molecular formula is C16H19N3O4S. The van der Waals surface area contributed by atoms with E-state index in [0.717, 1.165) is 12.1 Å². The number of benzene rings is 1. The second-order valence-corrected chi connectivity index (χ2v) is 7.31. The van der Waals surface area contributed by atoms with Crippen LogP contribution in [0, 0.1) is 15.5 Å². The van der Waals surface area contributed by atoms with Gasteiger partial charge in [-0.2, -0.15) is 0 Å². The summed E-state index contributed by atoms with van der Waals surface area (Å²) in [7, 11) is 1.32. The quantitative estimate of drug-likeness (QED) is 0.652. The number of nitrogens with zero attached hydrogens (tertiary/aromatic N) is 2. The number of carbonyl (C=O) groups excluding carboxylic acids is 1. The van der Waals surface area contributed by atoms with Gasteiger partial charge in [-0.25, -0.2) is 4.98 Å². The van der Waals surface area contributed by atoms with Crippen LogP contribution in [0.15, 0.2) is 23.6 Å². The van der Waals surface area contributed by atoms with E-state index in [4.69, 9.17) is 4.74 Å². The standard InChI is InChI=1S/C16H19N3O4S/c1-16(2,3)8-10-9-24-15(17-10)18-14(20)11-6-5-7-12(23-4)13(11)19(21)22/h5-7,9H,8H2,1-4H3,(H,17,18,20). The Balaban J connectivity index is 2.23. The third-order valence-corrected chi connectivity index (χ3v) is 3.94. The number of methoxy groups -OCH3 is 1. The Morgan fingerprint density at radius 1 is 1.42 bits per heavy atom. The Hall–Kier alpha value is -2.48. The Kier molecular flexibility index (Phi) is 5.18. The number of carbonyl (C=O) groups is 1. The number of anilines is 1. The zero-order chi connectivity index (χ0) is 17.9. The number of amides is 1. The molecule has 2 rings (SSSR count). The predicted molar refractivity (Wildman–Crippen MR) is 92.9 cm³/mol. The van der Waals surface area contributed by atoms with E-state index in [0.29, 0.717) is 5.13 Å². The molecule has 0 radical (unpaired) electrons. The molecule has 0 unspecified atom stereocenters. The minimum Gasteiger partial charge on any atom is -0.490 e. The fourth-order valence-electron chi connectivity index (χ4n) is 2.21. The van der Waals surface area contributed by atoms with E-state index in [1.807, 2.05) is 5.38 Å². The number of nitro groups is 1. The van der Waals surface area contributed by atoms with Crippen LogP contribution in [0.2, 0.25) is 0 Å². The molecule has 0 saturated heterocycles. The minimum atomic E-state index is -0.624. The van der Waals surface area contributed by atoms with Crippen LogP contribution in [-0.4, -0.2) is 22.9 Å². The molecule has 1 aromatic heterocycles. The molecule has 0 atom stereocenters. The summed E-state index contributed by atoms with van der Waals surface area (Å²) < 4.78 is 4.97. The van der Waals surface area contributed by atoms with Gasteiger partial charge in [0.25, 0.3) is 5.91 Å². The van der Waals surface area contributed by atoms with Gasteiger partial charge in [0, 0.05) is 5.38 Å². The lowest BCUT2D eigenvalue weighted by atomic mass is 9.91. The molecule has 2 aromatic rings. The maximum absolute atomic E-state index is 12.4. The van der Waals surface area contributed by atoms with Gasteiger partial charge in [0.2, 0.25) is 0 Å². The first-order valence-electron chi connectivity index (χ1n) is 7.28. The van der Waals surface area contributed by atoms with Gasteiger partial charge in [0.1, 0.15) is 5.56 Å². The van der Waals surface area contributed by atoms with Crippen molar-refractivity contribution >= 4 is 28.1 Å². The van der Waals surface area contributed by atoms with Crippen LogP contribution in [0.25, 0.3) is 0 Å². The molecule has 0 aliphatic rings. The molecule has 0 aliphatic carbocycles. The summed E-state index contributed by atoms with van der Waals surface area (Å²) in [5.41, 5.74) is 0.542. The summed E-state index contributed by atoms with van der Waals surface area (Å²) in [6.07, 6.45) is 0.776. The summed E-state index contributed by atoms with van der Waals surface area (Å²) in [4.78, 5) is 27.4. The van der Waals surface area contributed by atoms with E-state index < -0.39 is 10.8 Å². The fraction of sp³-hybridized carbons (Fsp3) is 0.375. The minimum absolute atomic E-state index is 0.0419. The summed E-state index contributed by atoms with van der Waals surface area (Å²) in [6, 6.07) is 4.37. The first-order valence-corrected chi connectivity index (χ1v) is 8.16. The van der Waals surface area contributed by atoms with Crippen molar-refractivity contribution in [3.05, 3.63) is 45.0 Å². The molecule has 128 valence electrons. The highest BCUT2D eigenvalue weighted by Gasteiger charge is 2.26. The molecule has 0 aliphatic heterocycles. The molecular weight excluding hydrogens is 330 g/mol. The Labute approximate surface area is 143 Å². The number of nitrogens with one attached hydrogen (secondary N) is 1. The normalized spacial score (nSPS) is 11.2. The molecule has 1 N–H and O–H groups in total. The lowest BCUT2D eigenvalue weighted by molar-refractivity contribution is -0.386. The predicted octanol–water partition coefficient (Wildman–Crippen LogP) is 3.90. The number of hydrogen-bond donors (Lipinski definition) is 1. The van der Waals surface area contributed by atoms with Crippen molar-refractivity contribution < 1.29 is 14.5 Å². The Morgan fingerprint density at radius 2 is 2.12 bits per heavy atom. The molecule has 1 heterocycles. The lowest BCUT2D eigenvalue weighted by Crippen LogP contribution is -2.15. The first kappa shape index (κ1) is 17.9. The third-order valence-electron chi connectivity index (χ3n) is 3.13. The molecule has 7 nitrogen and oxygen atoms in total. The molecule has 8 heteroatoms. The summed E-state index contributed by atoms with van der Waals surface area (Å²) in [5.74, 6) is -0.544. The second kappa shape index (κ2) is 6.96. The number of rotatable bonds is 5. The van der Waals surface area contributed by atoms with Crippen LogP contribution in [0.3, 0.4) is 0 Å². The fourth-order valence-corrected chi connectivity index (χ4v) is 2.92. The van der Waals surface area contributed by atoms with Gasteiger partial charge < -0.3 is 4.74 Å². The molecule has 0 fully saturated rings. The number of ether oxygens (including phenoxy) is 1. The SMILES string of the molecule is COc1cccc(C(=O)Nc2nc(CC(C)(C)C)cs2)c1[N+](=O)[O-]. The lowest BCUT2D eigenvalue weighted by Gasteiger charge is -2.15. The first-order chi connectivity index (χ1) is 11.2. The molecule has 0 saturated carbocycles. The van der Waals surface area contributed by atoms with Crippen molar-refractivity contribution in [1.29, 1.82) is 0 Å². The molecule has 0 spiro atoms. The van der Waals surface area contributed by atoms with Crippen molar-refractivity contribution in [2.45, 2.75) is 27.2 Å². The van der Waals surface area contributed by atoms with Crippen molar-refractivity contribution in [3.8, 4) is 5.75 Å². The maximum Gasteiger partial charge on any atom is 0.323 e. The van der Waals surface area contributed by atoms with Gasteiger partial charge in [-0.1, -0.05) is 26.8 Å². The second-order valence-electron chi connectivity index (χ2n) is 6.45. The van der Waals surface area contributed by atoms with Crippen LogP contribution < -0.4 is 10.1 Å². The highest BCUT2D eigenvalue weighted by atomic mass is 32.1. The van der Waals surface area contributed by atoms with Gasteiger partial charge in [-0.15, -0.1) is 11.3 Å². The highest BCUT2D eigenvalue weighted by Crippen LogP contribution is 2.31. The topological polar surface area (TPSA) is 94.4 Å². The van der Waals surface area contributed by atoms with Gasteiger partial charge in [-0.05, 0) is 24.0 Å². The average molecular weight is 349 g/mol. The van der Waals surface area contributed by atoms with Crippen molar-refractivity contribution in [2.75, 3.05) is 12.4 Å². The zero-order valence-electron chi connectivity index (χ0n) is 14.0. The molecule has 24 heavy (non-hydrogen) atoms. The van der Waals surface area contributed by atoms with Gasteiger partial charge in [0.05, 0.1) is 17.7 Å². The summed E-state index contributed by atoms with van der Waals surface area (Å²) in [5, 5.41) is 16.2. The Morgan fingerprint density at radius 3 is 2.71 bits per heavy atom. The van der Waals surface area contributed by atoms with E-state index in [-0.39, 0.29) is 22.4 Å². The summed E-state index contributed by atoms with van der Waals surface area (Å²) >= 11 is 1.29. The summed E-state index contributed by atoms with van der Waals surface area (Å²) in [6.45, 7) is 6.30. The Bertz CT molecular complexity index is 765. The number of aromatic nitrogens is 1. The third kappa shape index (κ3) is 4.29. The van der Waals surface area contributed by atoms with Crippen LogP contribution in [0.1, 0.15) is 36.8 Å². The van der Waals surface area contributed by atoms with Crippen molar-refractivity contribution in [1.82, 2.24) is 4.98 Å². The highest BCUT2D eigenvalue weighted by molar-refractivity contribution is 7.14. The van der Waals surface area contributed by atoms with Crippen molar-refractivity contribution in [3.63, 3.8) is 0 Å². The monoisotopic (exact) mass is 349 g/mol. The van der Waals surface area contributed by atoms with E-state index in [2.05, 4.69) is 31.1 Å². The van der Waals surface area contributed by atoms with Gasteiger partial charge >= 0.3 is 5.69 Å². The van der Waals surface area contributed by atoms with E-state index in [1.54, 1.807) is 0 Å². The van der Waals surface area contributed by atoms with Crippen LogP contribution >= 0.6 is 11.3 Å². The van der Waals surface area contributed by atoms with E-state index >= 15 is 0 Å². The molecule has 0 bridgehead atoms. The molecule has 1 aromatic carbocycles. The number of nitro benzene ring substituents is 1. The van der Waals surface area contributed by atoms with Crippen molar-refractivity contribution in [2.24, 2.45) is 5.41 Å².